The van der Waals surface area contributed by atoms with Gasteiger partial charge in [-0.05, 0) is 17.7 Å². The van der Waals surface area contributed by atoms with E-state index in [-0.39, 0.29) is 5.69 Å². The van der Waals surface area contributed by atoms with Crippen LogP contribution in [-0.2, 0) is 6.54 Å². The van der Waals surface area contributed by atoms with Crippen LogP contribution in [0.2, 0.25) is 0 Å². The zero-order chi connectivity index (χ0) is 16.7. The molecule has 0 radical (unpaired) electrons. The van der Waals surface area contributed by atoms with Gasteiger partial charge in [-0.1, -0.05) is 24.3 Å². The number of amides is 1. The third-order valence-electron chi connectivity index (χ3n) is 4.08. The molecule has 3 N–H and O–H groups in total. The van der Waals surface area contributed by atoms with Gasteiger partial charge in [-0.3, -0.25) is 9.89 Å². The number of aromatic amines is 1. The molecule has 3 heterocycles. The van der Waals surface area contributed by atoms with Gasteiger partial charge in [0.05, 0.1) is 6.20 Å². The topological polar surface area (TPSA) is 89.6 Å². The molecule has 0 aliphatic carbocycles. The third-order valence-corrected chi connectivity index (χ3v) is 4.08. The molecule has 24 heavy (non-hydrogen) atoms. The molecule has 118 valence electrons. The minimum atomic E-state index is -0.567. The molecule has 0 unspecified atom stereocenters. The minimum Gasteiger partial charge on any atom is -0.364 e. The lowest BCUT2D eigenvalue weighted by Crippen LogP contribution is -2.13. The zero-order valence-corrected chi connectivity index (χ0v) is 12.9. The summed E-state index contributed by atoms with van der Waals surface area (Å²) in [6.07, 6.45) is 5.62. The Balaban J connectivity index is 2.07. The molecule has 3 aromatic heterocycles. The molecule has 4 rings (SSSR count). The van der Waals surface area contributed by atoms with Gasteiger partial charge < -0.3 is 10.3 Å². The fraction of sp³-hybridized carbons (Fsp3) is 0.0556. The van der Waals surface area contributed by atoms with Crippen molar-refractivity contribution in [3.8, 4) is 11.1 Å². The highest BCUT2D eigenvalue weighted by molar-refractivity contribution is 6.06. The molecule has 0 atom stereocenters. The Morgan fingerprint density at radius 3 is 2.92 bits per heavy atom. The second-order valence-corrected chi connectivity index (χ2v) is 5.55. The van der Waals surface area contributed by atoms with Crippen LogP contribution in [0.3, 0.4) is 0 Å². The number of primary amides is 1. The maximum atomic E-state index is 11.6. The van der Waals surface area contributed by atoms with Crippen LogP contribution in [0.4, 0.5) is 0 Å². The van der Waals surface area contributed by atoms with Crippen LogP contribution in [-0.4, -0.2) is 25.7 Å². The molecular formula is C18H15N5O. The van der Waals surface area contributed by atoms with E-state index >= 15 is 0 Å². The number of pyridine rings is 1. The Labute approximate surface area is 137 Å². The van der Waals surface area contributed by atoms with E-state index in [0.29, 0.717) is 12.2 Å². The average molecular weight is 317 g/mol. The first kappa shape index (κ1) is 14.2. The largest absolute Gasteiger partial charge is 0.364 e. The third kappa shape index (κ3) is 2.08. The highest BCUT2D eigenvalue weighted by Gasteiger charge is 2.16. The van der Waals surface area contributed by atoms with E-state index in [1.54, 1.807) is 12.3 Å². The molecule has 1 amide bonds. The first-order valence-corrected chi connectivity index (χ1v) is 7.52. The molecule has 0 bridgehead atoms. The van der Waals surface area contributed by atoms with Crippen LogP contribution >= 0.6 is 0 Å². The molecule has 0 fully saturated rings. The number of nitrogens with zero attached hydrogens (tertiary/aromatic N) is 3. The number of H-pyrrole nitrogens is 1. The number of nitrogens with one attached hydrogen (secondary N) is 1. The van der Waals surface area contributed by atoms with E-state index in [9.17, 15) is 4.79 Å². The molecular weight excluding hydrogens is 302 g/mol. The summed E-state index contributed by atoms with van der Waals surface area (Å²) in [6.45, 7) is 4.51. The van der Waals surface area contributed by atoms with Crippen molar-refractivity contribution in [3.63, 3.8) is 0 Å². The Morgan fingerprint density at radius 2 is 2.12 bits per heavy atom. The number of nitrogens with two attached hydrogens (primary N) is 1. The second-order valence-electron chi connectivity index (χ2n) is 5.55. The molecule has 0 spiro atoms. The van der Waals surface area contributed by atoms with E-state index in [1.165, 1.54) is 0 Å². The Kier molecular flexibility index (Phi) is 3.16. The van der Waals surface area contributed by atoms with Crippen molar-refractivity contribution in [1.29, 1.82) is 0 Å². The zero-order valence-electron chi connectivity index (χ0n) is 12.9. The van der Waals surface area contributed by atoms with Gasteiger partial charge in [0.1, 0.15) is 5.69 Å². The number of para-hydroxylation sites is 1. The van der Waals surface area contributed by atoms with E-state index in [1.807, 2.05) is 18.2 Å². The van der Waals surface area contributed by atoms with Crippen molar-refractivity contribution >= 4 is 27.8 Å². The van der Waals surface area contributed by atoms with Gasteiger partial charge in [0.2, 0.25) is 0 Å². The molecule has 1 aromatic carbocycles. The Morgan fingerprint density at radius 1 is 1.29 bits per heavy atom. The molecule has 0 saturated heterocycles. The van der Waals surface area contributed by atoms with Crippen molar-refractivity contribution in [2.45, 2.75) is 6.54 Å². The van der Waals surface area contributed by atoms with Gasteiger partial charge in [0.15, 0.2) is 5.65 Å². The number of carbonyl (C=O) groups is 1. The van der Waals surface area contributed by atoms with E-state index < -0.39 is 5.91 Å². The minimum absolute atomic E-state index is 0.210. The predicted octanol–water partition coefficient (Wildman–Crippen LogP) is 2.86. The number of hydrogen-bond donors (Lipinski definition) is 2. The highest BCUT2D eigenvalue weighted by Crippen LogP contribution is 2.34. The molecule has 0 saturated carbocycles. The Hall–Kier alpha value is -3.41. The van der Waals surface area contributed by atoms with Gasteiger partial charge in [-0.25, -0.2) is 4.98 Å². The number of carbonyl (C=O) groups excluding carboxylic acids is 1. The predicted molar refractivity (Wildman–Crippen MR) is 93.5 cm³/mol. The standard InChI is InChI=1S/C18H15N5O/c1-2-7-23-10-14(11-5-3-4-6-16(11)23)12-8-15(17(19)24)21-18-13(12)9-20-22-18/h2-6,8-10H,1,7H2,(H2,19,24)(H,20,21,22). The smallest absolute Gasteiger partial charge is 0.267 e. The second kappa shape index (κ2) is 5.34. The maximum absolute atomic E-state index is 11.6. The summed E-state index contributed by atoms with van der Waals surface area (Å²) in [5, 5.41) is 8.80. The van der Waals surface area contributed by atoms with Gasteiger partial charge >= 0.3 is 0 Å². The fourth-order valence-electron chi connectivity index (χ4n) is 3.03. The van der Waals surface area contributed by atoms with Gasteiger partial charge in [0.25, 0.3) is 5.91 Å². The summed E-state index contributed by atoms with van der Waals surface area (Å²) in [7, 11) is 0. The molecule has 0 aliphatic rings. The lowest BCUT2D eigenvalue weighted by molar-refractivity contribution is 0.0996. The van der Waals surface area contributed by atoms with E-state index in [4.69, 9.17) is 5.73 Å². The lowest BCUT2D eigenvalue weighted by atomic mass is 10.0. The summed E-state index contributed by atoms with van der Waals surface area (Å²) in [4.78, 5) is 15.9. The van der Waals surface area contributed by atoms with Crippen molar-refractivity contribution < 1.29 is 4.79 Å². The molecule has 0 aliphatic heterocycles. The van der Waals surface area contributed by atoms with Crippen LogP contribution < -0.4 is 5.73 Å². The summed E-state index contributed by atoms with van der Waals surface area (Å²) in [5.41, 5.74) is 9.16. The van der Waals surface area contributed by atoms with Crippen LogP contribution in [0.25, 0.3) is 33.1 Å². The summed E-state index contributed by atoms with van der Waals surface area (Å²) in [5.74, 6) is -0.567. The van der Waals surface area contributed by atoms with Gasteiger partial charge in [0, 0.05) is 34.6 Å². The fourth-order valence-corrected chi connectivity index (χ4v) is 3.03. The van der Waals surface area contributed by atoms with Crippen LogP contribution in [0.15, 0.2) is 55.4 Å². The van der Waals surface area contributed by atoms with Crippen LogP contribution in [0, 0.1) is 0 Å². The van der Waals surface area contributed by atoms with Crippen molar-refractivity contribution in [2.24, 2.45) is 5.73 Å². The molecule has 4 aromatic rings. The van der Waals surface area contributed by atoms with Crippen LogP contribution in [0.5, 0.6) is 0 Å². The lowest BCUT2D eigenvalue weighted by Gasteiger charge is -2.04. The van der Waals surface area contributed by atoms with E-state index in [0.717, 1.165) is 27.4 Å². The number of fused-ring (bicyclic) bond motifs is 2. The molecule has 6 heteroatoms. The van der Waals surface area contributed by atoms with Crippen molar-refractivity contribution in [2.75, 3.05) is 0 Å². The van der Waals surface area contributed by atoms with E-state index in [2.05, 4.69) is 44.7 Å². The molecule has 6 nitrogen and oxygen atoms in total. The monoisotopic (exact) mass is 317 g/mol. The van der Waals surface area contributed by atoms with Crippen molar-refractivity contribution in [1.82, 2.24) is 19.7 Å². The summed E-state index contributed by atoms with van der Waals surface area (Å²) in [6, 6.07) is 9.83. The van der Waals surface area contributed by atoms with Crippen LogP contribution in [0.1, 0.15) is 10.5 Å². The highest BCUT2D eigenvalue weighted by atomic mass is 16.1. The quantitative estimate of drug-likeness (QED) is 0.567. The number of benzene rings is 1. The number of aromatic nitrogens is 4. The first-order valence-electron chi connectivity index (χ1n) is 7.52. The van der Waals surface area contributed by atoms with Crippen molar-refractivity contribution in [3.05, 3.63) is 61.1 Å². The first-order chi connectivity index (χ1) is 11.7. The van der Waals surface area contributed by atoms with Gasteiger partial charge in [-0.15, -0.1) is 6.58 Å². The Bertz CT molecular complexity index is 1090. The maximum Gasteiger partial charge on any atom is 0.267 e. The number of allylic oxidation sites excluding steroid dienone is 1. The number of hydrogen-bond acceptors (Lipinski definition) is 3. The average Bonchev–Trinajstić information content (AvgIpc) is 3.19. The summed E-state index contributed by atoms with van der Waals surface area (Å²) >= 11 is 0. The number of rotatable bonds is 4. The normalized spacial score (nSPS) is 11.2. The van der Waals surface area contributed by atoms with Gasteiger partial charge in [-0.2, -0.15) is 5.10 Å². The summed E-state index contributed by atoms with van der Waals surface area (Å²) < 4.78 is 2.12. The SMILES string of the molecule is C=CCn1cc(-c2cc(C(N)=O)nc3[nH]ncc23)c2ccccc21.